The third-order valence-corrected chi connectivity index (χ3v) is 5.16. The van der Waals surface area contributed by atoms with Crippen LogP contribution in [0.3, 0.4) is 0 Å². The minimum Gasteiger partial charge on any atom is -0.466 e. The maximum atomic E-state index is 12.6. The van der Waals surface area contributed by atoms with E-state index in [0.717, 1.165) is 32.2 Å². The molecule has 0 aromatic carbocycles. The molecule has 0 bridgehead atoms. The fourth-order valence-corrected chi connectivity index (χ4v) is 3.62. The molecule has 0 spiro atoms. The van der Waals surface area contributed by atoms with Gasteiger partial charge in [0.05, 0.1) is 19.2 Å². The first kappa shape index (κ1) is 16.2. The molecule has 2 atom stereocenters. The minimum absolute atomic E-state index is 0.136. The predicted molar refractivity (Wildman–Crippen MR) is 82.3 cm³/mol. The Morgan fingerprint density at radius 2 is 2.09 bits per heavy atom. The number of carbonyl (C=O) groups excluding carboxylic acids is 3. The van der Waals surface area contributed by atoms with Gasteiger partial charge in [0.15, 0.2) is 0 Å². The predicted octanol–water partition coefficient (Wildman–Crippen LogP) is 0.940. The van der Waals surface area contributed by atoms with Crippen molar-refractivity contribution < 1.29 is 19.1 Å². The Morgan fingerprint density at radius 3 is 2.74 bits per heavy atom. The molecule has 2 heterocycles. The molecule has 0 aromatic rings. The molecule has 0 aromatic heterocycles. The van der Waals surface area contributed by atoms with E-state index in [0.29, 0.717) is 13.2 Å². The monoisotopic (exact) mass is 323 g/mol. The summed E-state index contributed by atoms with van der Waals surface area (Å²) in [4.78, 5) is 40.0. The number of esters is 1. The van der Waals surface area contributed by atoms with Crippen molar-refractivity contribution in [2.24, 2.45) is 11.8 Å². The van der Waals surface area contributed by atoms with Gasteiger partial charge in [-0.15, -0.1) is 0 Å². The molecule has 2 aliphatic heterocycles. The fraction of sp³-hybridized carbons (Fsp3) is 0.812. The Balaban J connectivity index is 1.61. The van der Waals surface area contributed by atoms with Crippen LogP contribution in [0.25, 0.3) is 0 Å². The molecule has 128 valence electrons. The van der Waals surface area contributed by atoms with Crippen molar-refractivity contribution in [2.45, 2.75) is 45.1 Å². The third-order valence-electron chi connectivity index (χ3n) is 5.16. The van der Waals surface area contributed by atoms with Crippen LogP contribution in [-0.4, -0.2) is 59.6 Å². The van der Waals surface area contributed by atoms with Crippen LogP contribution in [0, 0.1) is 11.8 Å². The summed E-state index contributed by atoms with van der Waals surface area (Å²) in [5.74, 6) is -0.225. The number of rotatable bonds is 5. The van der Waals surface area contributed by atoms with E-state index < -0.39 is 5.54 Å². The first-order valence-electron chi connectivity index (χ1n) is 8.48. The molecule has 0 radical (unpaired) electrons. The Hall–Kier alpha value is -1.63. The fourth-order valence-electron chi connectivity index (χ4n) is 3.62. The van der Waals surface area contributed by atoms with E-state index in [-0.39, 0.29) is 36.4 Å². The van der Waals surface area contributed by atoms with E-state index in [1.807, 2.05) is 11.8 Å². The lowest BCUT2D eigenvalue weighted by Crippen LogP contribution is -2.49. The summed E-state index contributed by atoms with van der Waals surface area (Å²) >= 11 is 0. The number of hydrogen-bond donors (Lipinski definition) is 1. The van der Waals surface area contributed by atoms with E-state index >= 15 is 0 Å². The number of likely N-dealkylation sites (tertiary alicyclic amines) is 1. The molecular weight excluding hydrogens is 298 g/mol. The smallest absolute Gasteiger partial charge is 0.326 e. The van der Waals surface area contributed by atoms with Crippen LogP contribution < -0.4 is 5.32 Å². The number of nitrogens with one attached hydrogen (secondary N) is 1. The Labute approximate surface area is 136 Å². The van der Waals surface area contributed by atoms with Gasteiger partial charge >= 0.3 is 12.0 Å². The van der Waals surface area contributed by atoms with E-state index in [1.165, 1.54) is 4.90 Å². The summed E-state index contributed by atoms with van der Waals surface area (Å²) in [6.45, 7) is 5.57. The number of carbonyl (C=O) groups is 3. The normalized spacial score (nSPS) is 32.1. The first-order valence-corrected chi connectivity index (χ1v) is 8.48. The highest BCUT2D eigenvalue weighted by Crippen LogP contribution is 2.42. The van der Waals surface area contributed by atoms with Crippen molar-refractivity contribution in [3.63, 3.8) is 0 Å². The molecule has 7 heteroatoms. The van der Waals surface area contributed by atoms with Crippen molar-refractivity contribution in [3.05, 3.63) is 0 Å². The van der Waals surface area contributed by atoms with Gasteiger partial charge in [-0.25, -0.2) is 9.69 Å². The Morgan fingerprint density at radius 1 is 1.35 bits per heavy atom. The van der Waals surface area contributed by atoms with Gasteiger partial charge in [0, 0.05) is 6.54 Å². The van der Waals surface area contributed by atoms with Crippen molar-refractivity contribution >= 4 is 17.9 Å². The zero-order valence-corrected chi connectivity index (χ0v) is 13.8. The third kappa shape index (κ3) is 3.06. The second kappa shape index (κ2) is 6.11. The summed E-state index contributed by atoms with van der Waals surface area (Å²) < 4.78 is 5.09. The number of amides is 3. The average Bonchev–Trinajstić information content (AvgIpc) is 3.34. The maximum Gasteiger partial charge on any atom is 0.326 e. The number of nitrogens with zero attached hydrogens (tertiary/aromatic N) is 2. The standard InChI is InChI=1S/C16H25N3O4/c1-3-23-13(20)11-5-4-8-18(9-11)10-19-14(21)16(2,12-6-7-12)17-15(19)22/h11-12H,3-10H2,1-2H3,(H,17,22)/t11-,16+/m0/s1. The lowest BCUT2D eigenvalue weighted by Gasteiger charge is -2.33. The van der Waals surface area contributed by atoms with Gasteiger partial charge in [0.2, 0.25) is 0 Å². The van der Waals surface area contributed by atoms with Crippen LogP contribution in [0.2, 0.25) is 0 Å². The number of hydrogen-bond acceptors (Lipinski definition) is 5. The molecule has 2 saturated heterocycles. The van der Waals surface area contributed by atoms with Crippen LogP contribution in [0.5, 0.6) is 0 Å². The lowest BCUT2D eigenvalue weighted by atomic mass is 9.96. The molecule has 7 nitrogen and oxygen atoms in total. The average molecular weight is 323 g/mol. The van der Waals surface area contributed by atoms with Crippen molar-refractivity contribution in [3.8, 4) is 0 Å². The van der Waals surface area contributed by atoms with Gasteiger partial charge in [-0.3, -0.25) is 14.5 Å². The molecule has 3 aliphatic rings. The molecular formula is C16H25N3O4. The SMILES string of the molecule is CCOC(=O)[C@H]1CCCN(CN2C(=O)N[C@](C)(C3CC3)C2=O)C1. The molecule has 23 heavy (non-hydrogen) atoms. The van der Waals surface area contributed by atoms with E-state index in [9.17, 15) is 14.4 Å². The van der Waals surface area contributed by atoms with Crippen LogP contribution in [0.1, 0.15) is 39.5 Å². The minimum atomic E-state index is -0.743. The van der Waals surface area contributed by atoms with Crippen molar-refractivity contribution in [2.75, 3.05) is 26.4 Å². The number of piperidine rings is 1. The lowest BCUT2D eigenvalue weighted by molar-refractivity contribution is -0.150. The van der Waals surface area contributed by atoms with Crippen LogP contribution in [0.4, 0.5) is 4.79 Å². The Bertz CT molecular complexity index is 519. The molecule has 3 rings (SSSR count). The van der Waals surface area contributed by atoms with Crippen LogP contribution in [-0.2, 0) is 14.3 Å². The summed E-state index contributed by atoms with van der Waals surface area (Å²) in [5, 5.41) is 2.86. The van der Waals surface area contributed by atoms with E-state index in [4.69, 9.17) is 4.74 Å². The maximum absolute atomic E-state index is 12.6. The van der Waals surface area contributed by atoms with E-state index in [1.54, 1.807) is 6.92 Å². The summed E-state index contributed by atoms with van der Waals surface area (Å²) in [6.07, 6.45) is 3.65. The molecule has 3 amide bonds. The van der Waals surface area contributed by atoms with Gasteiger partial charge in [-0.05, 0) is 52.0 Å². The summed E-state index contributed by atoms with van der Waals surface area (Å²) in [6, 6.07) is -0.317. The highest BCUT2D eigenvalue weighted by molar-refractivity contribution is 6.07. The molecule has 0 unspecified atom stereocenters. The Kier molecular flexibility index (Phi) is 4.31. The zero-order valence-electron chi connectivity index (χ0n) is 13.8. The number of urea groups is 1. The zero-order chi connectivity index (χ0) is 16.6. The van der Waals surface area contributed by atoms with Crippen LogP contribution in [0.15, 0.2) is 0 Å². The van der Waals surface area contributed by atoms with Crippen molar-refractivity contribution in [1.82, 2.24) is 15.1 Å². The largest absolute Gasteiger partial charge is 0.466 e. The van der Waals surface area contributed by atoms with E-state index in [2.05, 4.69) is 5.32 Å². The summed E-state index contributed by atoms with van der Waals surface area (Å²) in [5.41, 5.74) is -0.743. The molecule has 1 saturated carbocycles. The second-order valence-electron chi connectivity index (χ2n) is 6.95. The van der Waals surface area contributed by atoms with Gasteiger partial charge in [0.25, 0.3) is 5.91 Å². The van der Waals surface area contributed by atoms with Gasteiger partial charge in [-0.2, -0.15) is 0 Å². The van der Waals surface area contributed by atoms with Crippen LogP contribution >= 0.6 is 0 Å². The quantitative estimate of drug-likeness (QED) is 0.602. The number of ether oxygens (including phenoxy) is 1. The topological polar surface area (TPSA) is 79.0 Å². The molecule has 3 fully saturated rings. The van der Waals surface area contributed by atoms with Gasteiger partial charge in [0.1, 0.15) is 5.54 Å². The highest BCUT2D eigenvalue weighted by Gasteiger charge is 2.56. The first-order chi connectivity index (χ1) is 11.0. The molecule has 1 N–H and O–H groups in total. The van der Waals surface area contributed by atoms with Crippen molar-refractivity contribution in [1.29, 1.82) is 0 Å². The second-order valence-corrected chi connectivity index (χ2v) is 6.95. The molecule has 1 aliphatic carbocycles. The summed E-state index contributed by atoms with van der Waals surface area (Å²) in [7, 11) is 0. The van der Waals surface area contributed by atoms with Gasteiger partial charge in [-0.1, -0.05) is 0 Å². The van der Waals surface area contributed by atoms with Gasteiger partial charge < -0.3 is 10.1 Å². The highest BCUT2D eigenvalue weighted by atomic mass is 16.5. The number of imide groups is 1.